The third kappa shape index (κ3) is 4.71. The predicted octanol–water partition coefficient (Wildman–Crippen LogP) is 7.17. The molecule has 5 rings (SSSR count). The highest BCUT2D eigenvalue weighted by Crippen LogP contribution is 2.42. The van der Waals surface area contributed by atoms with E-state index in [2.05, 4.69) is 102 Å². The van der Waals surface area contributed by atoms with Crippen molar-refractivity contribution in [3.63, 3.8) is 0 Å². The van der Waals surface area contributed by atoms with Crippen LogP contribution < -0.4 is 4.74 Å². The van der Waals surface area contributed by atoms with Crippen molar-refractivity contribution in [3.05, 3.63) is 107 Å². The van der Waals surface area contributed by atoms with Gasteiger partial charge in [0.1, 0.15) is 5.75 Å². The van der Waals surface area contributed by atoms with E-state index in [4.69, 9.17) is 4.74 Å². The molecule has 0 saturated carbocycles. The van der Waals surface area contributed by atoms with Gasteiger partial charge in [0, 0.05) is 17.4 Å². The Kier molecular flexibility index (Phi) is 7.25. The van der Waals surface area contributed by atoms with Crippen molar-refractivity contribution in [1.82, 2.24) is 4.90 Å². The van der Waals surface area contributed by atoms with E-state index in [-0.39, 0.29) is 11.0 Å². The first-order valence-electron chi connectivity index (χ1n) is 13.3. The second kappa shape index (κ2) is 10.7. The third-order valence-electron chi connectivity index (χ3n) is 8.41. The summed E-state index contributed by atoms with van der Waals surface area (Å²) in [5.41, 5.74) is 4.99. The Morgan fingerprint density at radius 1 is 0.972 bits per heavy atom. The molecule has 1 atom stereocenters. The van der Waals surface area contributed by atoms with Crippen molar-refractivity contribution in [1.29, 1.82) is 5.26 Å². The smallest absolute Gasteiger partial charge is 0.119 e. The highest BCUT2D eigenvalue weighted by molar-refractivity contribution is 5.61. The summed E-state index contributed by atoms with van der Waals surface area (Å²) < 4.78 is 5.45. The zero-order valence-electron chi connectivity index (χ0n) is 21.3. The average molecular weight is 477 g/mol. The van der Waals surface area contributed by atoms with Gasteiger partial charge < -0.3 is 4.74 Å². The second-order valence-electron chi connectivity index (χ2n) is 10.4. The van der Waals surface area contributed by atoms with Gasteiger partial charge in [0.05, 0.1) is 13.2 Å². The van der Waals surface area contributed by atoms with E-state index < -0.39 is 0 Å². The van der Waals surface area contributed by atoms with Crippen molar-refractivity contribution in [2.45, 2.75) is 55.9 Å². The molecule has 1 aliphatic carbocycles. The van der Waals surface area contributed by atoms with Crippen LogP contribution in [0.25, 0.3) is 6.08 Å². The molecule has 3 aromatic rings. The van der Waals surface area contributed by atoms with Crippen LogP contribution in [0, 0.1) is 11.3 Å². The van der Waals surface area contributed by atoms with Crippen LogP contribution in [-0.4, -0.2) is 30.6 Å². The van der Waals surface area contributed by atoms with Gasteiger partial charge in [-0.25, -0.2) is 0 Å². The van der Waals surface area contributed by atoms with Crippen LogP contribution in [-0.2, 0) is 11.8 Å². The lowest BCUT2D eigenvalue weighted by Crippen LogP contribution is -2.53. The van der Waals surface area contributed by atoms with Crippen molar-refractivity contribution in [2.75, 3.05) is 20.2 Å². The summed E-state index contributed by atoms with van der Waals surface area (Å²) in [7, 11) is 1.73. The molecular formula is C33H36N2O. The molecule has 2 aliphatic rings. The van der Waals surface area contributed by atoms with Crippen LogP contribution in [0.3, 0.4) is 0 Å². The van der Waals surface area contributed by atoms with Crippen molar-refractivity contribution < 1.29 is 4.74 Å². The molecule has 184 valence electrons. The fourth-order valence-electron chi connectivity index (χ4n) is 6.46. The molecule has 0 aromatic heterocycles. The van der Waals surface area contributed by atoms with Crippen LogP contribution in [0.4, 0.5) is 0 Å². The number of likely N-dealkylation sites (tertiary alicyclic amines) is 1. The maximum atomic E-state index is 9.92. The maximum absolute atomic E-state index is 9.92. The average Bonchev–Trinajstić information content (AvgIpc) is 2.94. The molecule has 1 aliphatic heterocycles. The third-order valence-corrected chi connectivity index (χ3v) is 8.41. The largest absolute Gasteiger partial charge is 0.497 e. The minimum atomic E-state index is -0.286. The molecule has 1 fully saturated rings. The first-order chi connectivity index (χ1) is 17.7. The molecule has 36 heavy (non-hydrogen) atoms. The summed E-state index contributed by atoms with van der Waals surface area (Å²) >= 11 is 0. The van der Waals surface area contributed by atoms with E-state index in [0.717, 1.165) is 38.1 Å². The molecule has 3 aromatic carbocycles. The van der Waals surface area contributed by atoms with Gasteiger partial charge in [0.15, 0.2) is 0 Å². The first-order valence-corrected chi connectivity index (χ1v) is 13.3. The molecule has 1 saturated heterocycles. The number of hydrogen-bond acceptors (Lipinski definition) is 3. The number of fused-ring (bicyclic) bond motifs is 1. The van der Waals surface area contributed by atoms with Gasteiger partial charge in [-0.3, -0.25) is 4.90 Å². The van der Waals surface area contributed by atoms with Gasteiger partial charge >= 0.3 is 0 Å². The van der Waals surface area contributed by atoms with Crippen LogP contribution in [0.2, 0.25) is 0 Å². The lowest BCUT2D eigenvalue weighted by molar-refractivity contribution is 0.0815. The van der Waals surface area contributed by atoms with Crippen molar-refractivity contribution >= 4 is 6.08 Å². The minimum Gasteiger partial charge on any atom is -0.497 e. The van der Waals surface area contributed by atoms with Gasteiger partial charge in [-0.15, -0.1) is 0 Å². The predicted molar refractivity (Wildman–Crippen MR) is 147 cm³/mol. The summed E-state index contributed by atoms with van der Waals surface area (Å²) in [6, 6.07) is 30.3. The van der Waals surface area contributed by atoms with Crippen molar-refractivity contribution in [3.8, 4) is 11.8 Å². The molecular weight excluding hydrogens is 440 g/mol. The SMILES string of the molecule is COc1ccc2c(c1)C=CC1(CCCCN1CCCC(CC#N)(c1ccccc1)c1ccccc1)C2. The van der Waals surface area contributed by atoms with Crippen molar-refractivity contribution in [2.24, 2.45) is 0 Å². The fraction of sp³-hybridized carbons (Fsp3) is 0.364. The van der Waals surface area contributed by atoms with Gasteiger partial charge in [-0.05, 0) is 79.6 Å². The lowest BCUT2D eigenvalue weighted by atomic mass is 9.69. The highest BCUT2D eigenvalue weighted by atomic mass is 16.5. The Bertz CT molecular complexity index is 1190. The van der Waals surface area contributed by atoms with E-state index in [1.165, 1.54) is 41.5 Å². The number of methoxy groups -OCH3 is 1. The van der Waals surface area contributed by atoms with Gasteiger partial charge in [-0.1, -0.05) is 85.3 Å². The summed E-state index contributed by atoms with van der Waals surface area (Å²) in [5.74, 6) is 0.922. The number of nitrogens with zero attached hydrogens (tertiary/aromatic N) is 2. The van der Waals surface area contributed by atoms with Crippen LogP contribution in [0.1, 0.15) is 60.8 Å². The standard InChI is InChI=1S/C33H36N2O/c1-36-31-16-15-28-26-32(20-17-27(28)25-31)18-8-9-23-35(32)24-10-19-33(21-22-34,29-11-4-2-5-12-29)30-13-6-3-7-14-30/h2-7,11-17,20,25H,8-10,18-19,21,23-24,26H2,1H3. The normalized spacial score (nSPS) is 19.6. The van der Waals surface area contributed by atoms with E-state index in [1.54, 1.807) is 7.11 Å². The molecule has 0 bridgehead atoms. The summed E-state index contributed by atoms with van der Waals surface area (Å²) in [5, 5.41) is 9.92. The van der Waals surface area contributed by atoms with Crippen LogP contribution in [0.5, 0.6) is 5.75 Å². The topological polar surface area (TPSA) is 36.3 Å². The Hall–Kier alpha value is -3.35. The van der Waals surface area contributed by atoms with Crippen LogP contribution >= 0.6 is 0 Å². The highest BCUT2D eigenvalue weighted by Gasteiger charge is 2.39. The van der Waals surface area contributed by atoms with Gasteiger partial charge in [-0.2, -0.15) is 5.26 Å². The second-order valence-corrected chi connectivity index (χ2v) is 10.4. The van der Waals surface area contributed by atoms with E-state index >= 15 is 0 Å². The summed E-state index contributed by atoms with van der Waals surface area (Å²) in [6.45, 7) is 2.18. The van der Waals surface area contributed by atoms with Crippen LogP contribution in [0.15, 0.2) is 84.9 Å². The van der Waals surface area contributed by atoms with E-state index in [9.17, 15) is 5.26 Å². The number of nitriles is 1. The quantitative estimate of drug-likeness (QED) is 0.346. The zero-order chi connectivity index (χ0) is 24.8. The number of rotatable bonds is 8. The summed E-state index contributed by atoms with van der Waals surface area (Å²) in [6.07, 6.45) is 12.1. The number of hydrogen-bond donors (Lipinski definition) is 0. The number of ether oxygens (including phenoxy) is 1. The Balaban J connectivity index is 1.38. The molecule has 1 spiro atoms. The minimum absolute atomic E-state index is 0.0945. The van der Waals surface area contributed by atoms with E-state index in [1.807, 2.05) is 0 Å². The van der Waals surface area contributed by atoms with Gasteiger partial charge in [0.25, 0.3) is 0 Å². The Labute approximate surface area is 216 Å². The Morgan fingerprint density at radius 2 is 1.69 bits per heavy atom. The number of piperidine rings is 1. The molecule has 1 unspecified atom stereocenters. The zero-order valence-corrected chi connectivity index (χ0v) is 21.3. The molecule has 0 N–H and O–H groups in total. The molecule has 0 amide bonds. The fourth-order valence-corrected chi connectivity index (χ4v) is 6.46. The lowest BCUT2D eigenvalue weighted by Gasteiger charge is -2.48. The van der Waals surface area contributed by atoms with E-state index in [0.29, 0.717) is 6.42 Å². The molecule has 3 heteroatoms. The first kappa shape index (κ1) is 24.3. The van der Waals surface area contributed by atoms with Gasteiger partial charge in [0.2, 0.25) is 0 Å². The molecule has 3 nitrogen and oxygen atoms in total. The Morgan fingerprint density at radius 3 is 2.36 bits per heavy atom. The molecule has 1 heterocycles. The summed E-state index contributed by atoms with van der Waals surface area (Å²) in [4.78, 5) is 2.73. The molecule has 0 radical (unpaired) electrons. The maximum Gasteiger partial charge on any atom is 0.119 e. The monoisotopic (exact) mass is 476 g/mol. The number of benzene rings is 3.